The van der Waals surface area contributed by atoms with E-state index in [1.807, 2.05) is 12.1 Å². The summed E-state index contributed by atoms with van der Waals surface area (Å²) >= 11 is 0. The molecule has 3 aliphatic rings. The molecule has 3 saturated heterocycles. The Labute approximate surface area is 170 Å². The minimum absolute atomic E-state index is 0.0756. The highest BCUT2D eigenvalue weighted by Gasteiger charge is 2.38. The summed E-state index contributed by atoms with van der Waals surface area (Å²) in [6, 6.07) is 12.7. The second-order valence-corrected chi connectivity index (χ2v) is 8.41. The molecule has 3 aliphatic heterocycles. The number of piperazine rings is 1. The van der Waals surface area contributed by atoms with Gasteiger partial charge in [-0.1, -0.05) is 18.2 Å². The van der Waals surface area contributed by atoms with Gasteiger partial charge in [0, 0.05) is 50.7 Å². The van der Waals surface area contributed by atoms with Gasteiger partial charge in [-0.15, -0.1) is 0 Å². The molecule has 0 saturated carbocycles. The van der Waals surface area contributed by atoms with Gasteiger partial charge < -0.3 is 15.1 Å². The third-order valence-electron chi connectivity index (χ3n) is 6.59. The molecule has 7 heteroatoms. The predicted molar refractivity (Wildman–Crippen MR) is 112 cm³/mol. The number of rotatable bonds is 3. The third-order valence-corrected chi connectivity index (χ3v) is 6.59. The van der Waals surface area contributed by atoms with Gasteiger partial charge in [-0.3, -0.25) is 9.69 Å². The van der Waals surface area contributed by atoms with Crippen molar-refractivity contribution in [3.8, 4) is 0 Å². The molecule has 154 valence electrons. The molecule has 1 amide bonds. The number of halogens is 1. The number of amides is 1. The highest BCUT2D eigenvalue weighted by molar-refractivity contribution is 5.82. The molecule has 0 aliphatic carbocycles. The van der Waals surface area contributed by atoms with E-state index in [-0.39, 0.29) is 18.5 Å². The number of carbonyl (C=O) groups excluding carboxylic acids is 1. The Morgan fingerprint density at radius 2 is 1.90 bits per heavy atom. The van der Waals surface area contributed by atoms with Gasteiger partial charge >= 0.3 is 0 Å². The van der Waals surface area contributed by atoms with Crippen LogP contribution in [0.25, 0.3) is 10.9 Å². The lowest BCUT2D eigenvalue weighted by Crippen LogP contribution is -2.51. The first-order valence-electron chi connectivity index (χ1n) is 10.7. The SMILES string of the molecule is O=C([C@@H]1C[C@H](N2CCN(c3ccc4ccccc4n3)CC2)CN1)N1CCC(F)C1. The summed E-state index contributed by atoms with van der Waals surface area (Å²) in [5.74, 6) is 1.11. The lowest BCUT2D eigenvalue weighted by molar-refractivity contribution is -0.132. The zero-order valence-corrected chi connectivity index (χ0v) is 16.6. The first-order valence-corrected chi connectivity index (χ1v) is 10.7. The number of aromatic nitrogens is 1. The van der Waals surface area contributed by atoms with Crippen LogP contribution in [0.15, 0.2) is 36.4 Å². The molecule has 2 aromatic rings. The van der Waals surface area contributed by atoms with E-state index in [9.17, 15) is 9.18 Å². The Bertz CT molecular complexity index is 884. The molecular weight excluding hydrogens is 369 g/mol. The number of nitrogens with zero attached hydrogens (tertiary/aromatic N) is 4. The highest BCUT2D eigenvalue weighted by atomic mass is 19.1. The number of hydrogen-bond donors (Lipinski definition) is 1. The summed E-state index contributed by atoms with van der Waals surface area (Å²) < 4.78 is 13.4. The van der Waals surface area contributed by atoms with Gasteiger partial charge in [0.15, 0.2) is 0 Å². The quantitative estimate of drug-likeness (QED) is 0.854. The van der Waals surface area contributed by atoms with Crippen molar-refractivity contribution in [3.63, 3.8) is 0 Å². The lowest BCUT2D eigenvalue weighted by atomic mass is 10.1. The first kappa shape index (κ1) is 18.8. The first-order chi connectivity index (χ1) is 14.2. The number of carbonyl (C=O) groups is 1. The maximum Gasteiger partial charge on any atom is 0.239 e. The van der Waals surface area contributed by atoms with E-state index in [0.717, 1.165) is 50.5 Å². The van der Waals surface area contributed by atoms with E-state index in [2.05, 4.69) is 39.4 Å². The van der Waals surface area contributed by atoms with Crippen LogP contribution in [0.1, 0.15) is 12.8 Å². The van der Waals surface area contributed by atoms with Crippen molar-refractivity contribution in [1.29, 1.82) is 0 Å². The van der Waals surface area contributed by atoms with Crippen molar-refractivity contribution >= 4 is 22.6 Å². The molecule has 0 bridgehead atoms. The van der Waals surface area contributed by atoms with Crippen molar-refractivity contribution in [3.05, 3.63) is 36.4 Å². The van der Waals surface area contributed by atoms with Gasteiger partial charge in [0.05, 0.1) is 18.1 Å². The van der Waals surface area contributed by atoms with Crippen LogP contribution >= 0.6 is 0 Å². The average molecular weight is 397 g/mol. The number of likely N-dealkylation sites (tertiary alicyclic amines) is 1. The van der Waals surface area contributed by atoms with Crippen LogP contribution in [0, 0.1) is 0 Å². The molecule has 1 N–H and O–H groups in total. The van der Waals surface area contributed by atoms with E-state index in [0.29, 0.717) is 19.0 Å². The fourth-order valence-electron chi connectivity index (χ4n) is 4.87. The Balaban J connectivity index is 1.16. The standard InChI is InChI=1S/C22H28FN5O/c23-17-7-8-28(15-17)22(29)20-13-18(14-24-20)26-9-11-27(12-10-26)21-6-5-16-3-1-2-4-19(16)25-21/h1-6,17-18,20,24H,7-15H2/t17?,18-,20-/m0/s1. The van der Waals surface area contributed by atoms with E-state index < -0.39 is 6.17 Å². The molecule has 6 nitrogen and oxygen atoms in total. The molecule has 3 fully saturated rings. The monoisotopic (exact) mass is 397 g/mol. The molecule has 1 unspecified atom stereocenters. The van der Waals surface area contributed by atoms with Crippen LogP contribution in [0.5, 0.6) is 0 Å². The van der Waals surface area contributed by atoms with Crippen LogP contribution in [0.2, 0.25) is 0 Å². The van der Waals surface area contributed by atoms with Gasteiger partial charge in [0.25, 0.3) is 0 Å². The summed E-state index contributed by atoms with van der Waals surface area (Å²) in [4.78, 5) is 24.0. The fourth-order valence-corrected chi connectivity index (χ4v) is 4.87. The van der Waals surface area contributed by atoms with E-state index in [1.165, 1.54) is 5.39 Å². The molecule has 0 radical (unpaired) electrons. The summed E-state index contributed by atoms with van der Waals surface area (Å²) in [5, 5.41) is 4.54. The Morgan fingerprint density at radius 1 is 1.07 bits per heavy atom. The summed E-state index contributed by atoms with van der Waals surface area (Å²) in [7, 11) is 0. The van der Waals surface area contributed by atoms with Gasteiger partial charge in [-0.05, 0) is 31.0 Å². The highest BCUT2D eigenvalue weighted by Crippen LogP contribution is 2.23. The number of para-hydroxylation sites is 1. The van der Waals surface area contributed by atoms with E-state index >= 15 is 0 Å². The number of alkyl halides is 1. The van der Waals surface area contributed by atoms with Gasteiger partial charge in [-0.2, -0.15) is 0 Å². The van der Waals surface area contributed by atoms with Crippen LogP contribution < -0.4 is 10.2 Å². The number of anilines is 1. The normalized spacial score (nSPS) is 28.4. The average Bonchev–Trinajstić information content (AvgIpc) is 3.43. The Hall–Kier alpha value is -2.25. The summed E-state index contributed by atoms with van der Waals surface area (Å²) in [6.07, 6.45) is 0.445. The molecule has 4 heterocycles. The number of hydrogen-bond acceptors (Lipinski definition) is 5. The van der Waals surface area contributed by atoms with Gasteiger partial charge in [0.2, 0.25) is 5.91 Å². The smallest absolute Gasteiger partial charge is 0.239 e. The molecule has 0 spiro atoms. The number of fused-ring (bicyclic) bond motifs is 1. The van der Waals surface area contributed by atoms with Gasteiger partial charge in [0.1, 0.15) is 12.0 Å². The maximum absolute atomic E-state index is 13.4. The molecule has 5 rings (SSSR count). The number of pyridine rings is 1. The fraction of sp³-hybridized carbons (Fsp3) is 0.545. The minimum atomic E-state index is -0.854. The number of nitrogens with one attached hydrogen (secondary N) is 1. The second-order valence-electron chi connectivity index (χ2n) is 8.41. The summed E-state index contributed by atoms with van der Waals surface area (Å²) in [5.41, 5.74) is 1.03. The zero-order chi connectivity index (χ0) is 19.8. The van der Waals surface area contributed by atoms with E-state index in [4.69, 9.17) is 4.98 Å². The minimum Gasteiger partial charge on any atom is -0.354 e. The molecular formula is C22H28FN5O. The zero-order valence-electron chi connectivity index (χ0n) is 16.6. The van der Waals surface area contributed by atoms with E-state index in [1.54, 1.807) is 4.90 Å². The third kappa shape index (κ3) is 3.81. The van der Waals surface area contributed by atoms with Crippen LogP contribution in [0.4, 0.5) is 10.2 Å². The van der Waals surface area contributed by atoms with Crippen LogP contribution in [-0.4, -0.2) is 84.8 Å². The summed E-state index contributed by atoms with van der Waals surface area (Å²) in [6.45, 7) is 5.47. The van der Waals surface area contributed by atoms with Crippen molar-refractivity contribution in [2.24, 2.45) is 0 Å². The predicted octanol–water partition coefficient (Wildman–Crippen LogP) is 1.66. The van der Waals surface area contributed by atoms with Crippen molar-refractivity contribution in [2.75, 3.05) is 50.7 Å². The molecule has 29 heavy (non-hydrogen) atoms. The van der Waals surface area contributed by atoms with Crippen LogP contribution in [0.3, 0.4) is 0 Å². The molecule has 3 atom stereocenters. The van der Waals surface area contributed by atoms with Crippen LogP contribution in [-0.2, 0) is 4.79 Å². The van der Waals surface area contributed by atoms with Crippen molar-refractivity contribution < 1.29 is 9.18 Å². The van der Waals surface area contributed by atoms with Gasteiger partial charge in [-0.25, -0.2) is 9.37 Å². The Morgan fingerprint density at radius 3 is 2.69 bits per heavy atom. The number of benzene rings is 1. The van der Waals surface area contributed by atoms with Crippen molar-refractivity contribution in [1.82, 2.24) is 20.1 Å². The molecule has 1 aromatic carbocycles. The Kier molecular flexibility index (Phi) is 5.09. The maximum atomic E-state index is 13.4. The lowest BCUT2D eigenvalue weighted by Gasteiger charge is -2.38. The molecule has 1 aromatic heterocycles. The topological polar surface area (TPSA) is 51.7 Å². The largest absolute Gasteiger partial charge is 0.354 e. The van der Waals surface area contributed by atoms with Crippen molar-refractivity contribution in [2.45, 2.75) is 31.1 Å². The second kappa shape index (κ2) is 7.88.